The third-order valence-corrected chi connectivity index (χ3v) is 4.18. The van der Waals surface area contributed by atoms with Crippen molar-refractivity contribution in [2.75, 3.05) is 46.4 Å². The highest BCUT2D eigenvalue weighted by Crippen LogP contribution is 2.15. The molecular weight excluding hydrogens is 278 g/mol. The summed E-state index contributed by atoms with van der Waals surface area (Å²) >= 11 is 0. The second-order valence-electron chi connectivity index (χ2n) is 5.79. The second-order valence-corrected chi connectivity index (χ2v) is 5.79. The van der Waals surface area contributed by atoms with Gasteiger partial charge in [0.05, 0.1) is 6.61 Å². The maximum Gasteiger partial charge on any atom is 0.224 e. The number of carbonyl (C=O) groups excluding carboxylic acids is 1. The molecule has 1 aromatic rings. The molecule has 5 nitrogen and oxygen atoms in total. The molecule has 22 heavy (non-hydrogen) atoms. The van der Waals surface area contributed by atoms with E-state index >= 15 is 0 Å². The van der Waals surface area contributed by atoms with E-state index in [0.717, 1.165) is 51.3 Å². The Balaban J connectivity index is 1.82. The van der Waals surface area contributed by atoms with Crippen LogP contribution in [0.4, 0.5) is 0 Å². The summed E-state index contributed by atoms with van der Waals surface area (Å²) in [5.41, 5.74) is 7.18. The minimum absolute atomic E-state index is 0.157. The van der Waals surface area contributed by atoms with E-state index in [9.17, 15) is 4.79 Å². The van der Waals surface area contributed by atoms with Gasteiger partial charge in [-0.15, -0.1) is 0 Å². The van der Waals surface area contributed by atoms with Gasteiger partial charge in [0.25, 0.3) is 0 Å². The topological polar surface area (TPSA) is 58.8 Å². The molecular formula is C17H27N3O2. The van der Waals surface area contributed by atoms with Gasteiger partial charge in [0.15, 0.2) is 0 Å². The molecule has 5 heteroatoms. The Morgan fingerprint density at radius 1 is 1.23 bits per heavy atom. The molecule has 0 aliphatic carbocycles. The smallest absolute Gasteiger partial charge is 0.224 e. The van der Waals surface area contributed by atoms with Gasteiger partial charge in [-0.3, -0.25) is 9.69 Å². The first-order valence-corrected chi connectivity index (χ1v) is 8.00. The molecule has 1 aliphatic heterocycles. The summed E-state index contributed by atoms with van der Waals surface area (Å²) in [6.07, 6.45) is 1.39. The van der Waals surface area contributed by atoms with Crippen LogP contribution in [0, 0.1) is 0 Å². The van der Waals surface area contributed by atoms with Crippen molar-refractivity contribution in [2.45, 2.75) is 18.9 Å². The van der Waals surface area contributed by atoms with Gasteiger partial charge in [-0.25, -0.2) is 0 Å². The Morgan fingerprint density at radius 3 is 2.73 bits per heavy atom. The first kappa shape index (κ1) is 16.9. The van der Waals surface area contributed by atoms with Crippen LogP contribution in [0.1, 0.15) is 24.4 Å². The van der Waals surface area contributed by atoms with Crippen molar-refractivity contribution < 1.29 is 9.53 Å². The van der Waals surface area contributed by atoms with Gasteiger partial charge in [0.1, 0.15) is 0 Å². The maximum atomic E-state index is 12.5. The van der Waals surface area contributed by atoms with Crippen LogP contribution in [0.5, 0.6) is 0 Å². The lowest BCUT2D eigenvalue weighted by Crippen LogP contribution is -2.37. The number of benzene rings is 1. The first-order chi connectivity index (χ1) is 10.7. The molecule has 1 fully saturated rings. The van der Waals surface area contributed by atoms with Gasteiger partial charge in [-0.05, 0) is 18.5 Å². The van der Waals surface area contributed by atoms with E-state index in [2.05, 4.69) is 4.90 Å². The van der Waals surface area contributed by atoms with Gasteiger partial charge >= 0.3 is 0 Å². The molecule has 1 atom stereocenters. The monoisotopic (exact) mass is 305 g/mol. The summed E-state index contributed by atoms with van der Waals surface area (Å²) in [7, 11) is 1.72. The highest BCUT2D eigenvalue weighted by molar-refractivity contribution is 5.77. The Morgan fingerprint density at radius 2 is 2.00 bits per heavy atom. The van der Waals surface area contributed by atoms with Crippen LogP contribution in [0.25, 0.3) is 0 Å². The summed E-state index contributed by atoms with van der Waals surface area (Å²) in [6.45, 7) is 5.22. The van der Waals surface area contributed by atoms with Crippen LogP contribution in [-0.2, 0) is 9.53 Å². The maximum absolute atomic E-state index is 12.5. The van der Waals surface area contributed by atoms with Crippen molar-refractivity contribution in [2.24, 2.45) is 5.73 Å². The van der Waals surface area contributed by atoms with E-state index in [0.29, 0.717) is 6.42 Å². The van der Waals surface area contributed by atoms with Crippen LogP contribution in [0.15, 0.2) is 30.3 Å². The molecule has 0 saturated carbocycles. The quantitative estimate of drug-likeness (QED) is 0.859. The van der Waals surface area contributed by atoms with E-state index < -0.39 is 0 Å². The van der Waals surface area contributed by atoms with Crippen LogP contribution >= 0.6 is 0 Å². The number of rotatable bonds is 6. The lowest BCUT2D eigenvalue weighted by Gasteiger charge is -2.23. The van der Waals surface area contributed by atoms with E-state index in [1.54, 1.807) is 7.11 Å². The molecule has 1 heterocycles. The molecule has 0 aromatic heterocycles. The highest BCUT2D eigenvalue weighted by Gasteiger charge is 2.21. The van der Waals surface area contributed by atoms with Crippen LogP contribution in [0.3, 0.4) is 0 Å². The molecule has 2 N–H and O–H groups in total. The molecule has 2 rings (SSSR count). The third kappa shape index (κ3) is 5.09. The number of hydrogen-bond acceptors (Lipinski definition) is 4. The Kier molecular flexibility index (Phi) is 6.83. The van der Waals surface area contributed by atoms with Gasteiger partial charge in [0, 0.05) is 45.8 Å². The Labute approximate surface area is 133 Å². The van der Waals surface area contributed by atoms with Crippen molar-refractivity contribution in [1.82, 2.24) is 9.80 Å². The summed E-state index contributed by atoms with van der Waals surface area (Å²) in [4.78, 5) is 16.8. The fraction of sp³-hybridized carbons (Fsp3) is 0.588. The largest absolute Gasteiger partial charge is 0.383 e. The average molecular weight is 305 g/mol. The van der Waals surface area contributed by atoms with Crippen molar-refractivity contribution in [1.29, 1.82) is 0 Å². The number of methoxy groups -OCH3 is 1. The SMILES string of the molecule is COCCN1CCCN(C(=O)CC(N)c2ccccc2)CC1. The zero-order valence-corrected chi connectivity index (χ0v) is 13.4. The zero-order chi connectivity index (χ0) is 15.8. The zero-order valence-electron chi connectivity index (χ0n) is 13.4. The fourth-order valence-corrected chi connectivity index (χ4v) is 2.80. The normalized spacial score (nSPS) is 18.0. The molecule has 0 radical (unpaired) electrons. The molecule has 1 amide bonds. The summed E-state index contributed by atoms with van der Waals surface area (Å²) in [5.74, 6) is 0.157. The molecule has 122 valence electrons. The lowest BCUT2D eigenvalue weighted by atomic mass is 10.0. The summed E-state index contributed by atoms with van der Waals surface area (Å²) in [5, 5.41) is 0. The van der Waals surface area contributed by atoms with Gasteiger partial charge in [-0.1, -0.05) is 30.3 Å². The van der Waals surface area contributed by atoms with Crippen LogP contribution in [0.2, 0.25) is 0 Å². The predicted molar refractivity (Wildman–Crippen MR) is 87.5 cm³/mol. The van der Waals surface area contributed by atoms with Crippen molar-refractivity contribution in [3.8, 4) is 0 Å². The highest BCUT2D eigenvalue weighted by atomic mass is 16.5. The Hall–Kier alpha value is -1.43. The number of hydrogen-bond donors (Lipinski definition) is 1. The van der Waals surface area contributed by atoms with Gasteiger partial charge < -0.3 is 15.4 Å². The second kappa shape index (κ2) is 8.88. The molecule has 0 bridgehead atoms. The third-order valence-electron chi connectivity index (χ3n) is 4.18. The van der Waals surface area contributed by atoms with Crippen LogP contribution in [-0.4, -0.2) is 62.1 Å². The van der Waals surface area contributed by atoms with Crippen LogP contribution < -0.4 is 5.73 Å². The van der Waals surface area contributed by atoms with Crippen molar-refractivity contribution >= 4 is 5.91 Å². The number of carbonyl (C=O) groups is 1. The molecule has 1 unspecified atom stereocenters. The molecule has 1 saturated heterocycles. The minimum Gasteiger partial charge on any atom is -0.383 e. The molecule has 0 spiro atoms. The number of nitrogens with two attached hydrogens (primary N) is 1. The molecule has 1 aromatic carbocycles. The van der Waals surface area contributed by atoms with Crippen molar-refractivity contribution in [3.63, 3.8) is 0 Å². The fourth-order valence-electron chi connectivity index (χ4n) is 2.80. The van der Waals surface area contributed by atoms with Gasteiger partial charge in [-0.2, -0.15) is 0 Å². The molecule has 1 aliphatic rings. The first-order valence-electron chi connectivity index (χ1n) is 8.00. The lowest BCUT2D eigenvalue weighted by molar-refractivity contribution is -0.131. The number of ether oxygens (including phenoxy) is 1. The van der Waals surface area contributed by atoms with Crippen molar-refractivity contribution in [3.05, 3.63) is 35.9 Å². The van der Waals surface area contributed by atoms with E-state index in [4.69, 9.17) is 10.5 Å². The van der Waals surface area contributed by atoms with E-state index in [-0.39, 0.29) is 11.9 Å². The standard InChI is InChI=1S/C17H27N3O2/c1-22-13-12-19-8-5-9-20(11-10-19)17(21)14-16(18)15-6-3-2-4-7-15/h2-4,6-7,16H,5,8-14,18H2,1H3. The Bertz CT molecular complexity index is 452. The summed E-state index contributed by atoms with van der Waals surface area (Å²) in [6, 6.07) is 9.61. The average Bonchev–Trinajstić information content (AvgIpc) is 2.79. The summed E-state index contributed by atoms with van der Waals surface area (Å²) < 4.78 is 5.12. The minimum atomic E-state index is -0.221. The van der Waals surface area contributed by atoms with E-state index in [1.807, 2.05) is 35.2 Å². The van der Waals surface area contributed by atoms with Gasteiger partial charge in [0.2, 0.25) is 5.91 Å². The number of nitrogens with zero attached hydrogens (tertiary/aromatic N) is 2. The number of amides is 1. The van der Waals surface area contributed by atoms with E-state index in [1.165, 1.54) is 0 Å². The predicted octanol–water partition coefficient (Wildman–Crippen LogP) is 1.26.